The highest BCUT2D eigenvalue weighted by Crippen LogP contribution is 2.65. The highest BCUT2D eigenvalue weighted by Gasteiger charge is 2.60. The fourth-order valence-corrected chi connectivity index (χ4v) is 7.12. The number of carbonyl (C=O) groups is 3. The molecule has 1 N–H and O–H groups in total. The molecule has 4 fully saturated rings. The van der Waals surface area contributed by atoms with E-state index in [0.29, 0.717) is 65.8 Å². The van der Waals surface area contributed by atoms with Crippen LogP contribution in [0.15, 0.2) is 0 Å². The summed E-state index contributed by atoms with van der Waals surface area (Å²) in [5.74, 6) is 2.58. The minimum atomic E-state index is -0.696. The molecule has 6 atom stereocenters. The number of rotatable bonds is 3. The van der Waals surface area contributed by atoms with Gasteiger partial charge in [0.25, 0.3) is 0 Å². The lowest BCUT2D eigenvalue weighted by Crippen LogP contribution is -2.56. The summed E-state index contributed by atoms with van der Waals surface area (Å²) in [6.07, 6.45) is 10.7. The highest BCUT2D eigenvalue weighted by atomic mass is 16.4. The molecule has 0 aromatic carbocycles. The number of ketones is 2. The Hall–Kier alpha value is -1.19. The summed E-state index contributed by atoms with van der Waals surface area (Å²) in [7, 11) is 0. The molecule has 0 saturated heterocycles. The lowest BCUT2D eigenvalue weighted by atomic mass is 9.45. The van der Waals surface area contributed by atoms with Crippen LogP contribution >= 0.6 is 0 Å². The number of carbonyl (C=O) groups excluding carboxylic acids is 2. The van der Waals surface area contributed by atoms with Crippen molar-refractivity contribution < 1.29 is 19.5 Å². The first-order valence-corrected chi connectivity index (χ1v) is 11.8. The van der Waals surface area contributed by atoms with Crippen LogP contribution in [0.3, 0.4) is 0 Å². The molecule has 4 aliphatic carbocycles. The molecular weight excluding hydrogens is 364 g/mol. The van der Waals surface area contributed by atoms with Gasteiger partial charge in [-0.2, -0.15) is 0 Å². The molecule has 164 valence electrons. The van der Waals surface area contributed by atoms with Crippen molar-refractivity contribution in [3.05, 3.63) is 0 Å². The predicted molar refractivity (Wildman–Crippen MR) is 113 cm³/mol. The summed E-state index contributed by atoms with van der Waals surface area (Å²) in [4.78, 5) is 34.7. The van der Waals surface area contributed by atoms with Gasteiger partial charge < -0.3 is 5.11 Å². The van der Waals surface area contributed by atoms with Crippen LogP contribution in [0.5, 0.6) is 0 Å². The molecule has 0 aliphatic heterocycles. The van der Waals surface area contributed by atoms with Gasteiger partial charge in [0.15, 0.2) is 0 Å². The molecule has 0 bridgehead atoms. The van der Waals surface area contributed by atoms with Crippen molar-refractivity contribution >= 4 is 17.5 Å². The number of hydrogen-bond acceptors (Lipinski definition) is 3. The summed E-state index contributed by atoms with van der Waals surface area (Å²) in [5, 5.41) is 8.16. The SMILES string of the molecule is CC(C)CCC(=O)O.CC12CCCC1C1C(=O)CC3CC(=O)CCC3(C)C1CC2. The van der Waals surface area contributed by atoms with E-state index >= 15 is 0 Å². The smallest absolute Gasteiger partial charge is 0.303 e. The Morgan fingerprint density at radius 3 is 2.41 bits per heavy atom. The second-order valence-corrected chi connectivity index (χ2v) is 11.3. The first-order chi connectivity index (χ1) is 13.6. The second-order valence-electron chi connectivity index (χ2n) is 11.3. The molecule has 4 heteroatoms. The highest BCUT2D eigenvalue weighted by molar-refractivity contribution is 5.86. The largest absolute Gasteiger partial charge is 0.481 e. The molecule has 0 aromatic rings. The number of fused-ring (bicyclic) bond motifs is 5. The third kappa shape index (κ3) is 4.46. The number of aliphatic carboxylic acids is 1. The molecule has 4 nitrogen and oxygen atoms in total. The van der Waals surface area contributed by atoms with Crippen molar-refractivity contribution in [3.8, 4) is 0 Å². The standard InChI is InChI=1S/C19H28O2.C6H12O2/c1-18-7-3-4-14(18)17-15(6-8-18)19(2)9-5-13(20)10-12(19)11-16(17)21;1-5(2)3-4-6(7)8/h12,14-15,17H,3-11H2,1-2H3;5H,3-4H2,1-2H3,(H,7,8). The second kappa shape index (κ2) is 8.51. The molecule has 0 radical (unpaired) electrons. The van der Waals surface area contributed by atoms with Crippen LogP contribution in [-0.4, -0.2) is 22.6 Å². The number of hydrogen-bond donors (Lipinski definition) is 1. The van der Waals surface area contributed by atoms with Gasteiger partial charge in [-0.3, -0.25) is 14.4 Å². The molecular formula is C25H40O4. The fraction of sp³-hybridized carbons (Fsp3) is 0.880. The predicted octanol–water partition coefficient (Wildman–Crippen LogP) is 5.67. The van der Waals surface area contributed by atoms with Gasteiger partial charge in [0.1, 0.15) is 11.6 Å². The zero-order chi connectivity index (χ0) is 21.4. The van der Waals surface area contributed by atoms with E-state index in [1.165, 1.54) is 32.1 Å². The summed E-state index contributed by atoms with van der Waals surface area (Å²) >= 11 is 0. The van der Waals surface area contributed by atoms with Gasteiger partial charge in [0.05, 0.1) is 0 Å². The molecule has 6 unspecified atom stereocenters. The first kappa shape index (κ1) is 22.5. The average molecular weight is 405 g/mol. The van der Waals surface area contributed by atoms with E-state index in [9.17, 15) is 14.4 Å². The Kier molecular flexibility index (Phi) is 6.60. The van der Waals surface area contributed by atoms with E-state index in [4.69, 9.17) is 5.11 Å². The van der Waals surface area contributed by atoms with Crippen molar-refractivity contribution in [3.63, 3.8) is 0 Å². The van der Waals surface area contributed by atoms with E-state index in [0.717, 1.165) is 19.3 Å². The van der Waals surface area contributed by atoms with Gasteiger partial charge in [-0.25, -0.2) is 0 Å². The van der Waals surface area contributed by atoms with Crippen LogP contribution in [-0.2, 0) is 14.4 Å². The van der Waals surface area contributed by atoms with Crippen LogP contribution in [0, 0.1) is 40.4 Å². The van der Waals surface area contributed by atoms with E-state index in [2.05, 4.69) is 13.8 Å². The lowest BCUT2D eigenvalue weighted by Gasteiger charge is -2.58. The molecule has 4 rings (SSSR count). The van der Waals surface area contributed by atoms with Crippen LogP contribution in [0.1, 0.15) is 98.3 Å². The summed E-state index contributed by atoms with van der Waals surface area (Å²) in [6.45, 7) is 8.88. The Balaban J connectivity index is 0.000000258. The molecule has 4 saturated carbocycles. The lowest BCUT2D eigenvalue weighted by molar-refractivity contribution is -0.156. The van der Waals surface area contributed by atoms with E-state index in [1.807, 2.05) is 13.8 Å². The number of Topliss-reactive ketones (excluding diaryl/α,β-unsaturated/α-hetero) is 2. The van der Waals surface area contributed by atoms with Crippen molar-refractivity contribution in [1.82, 2.24) is 0 Å². The summed E-state index contributed by atoms with van der Waals surface area (Å²) in [6, 6.07) is 0. The van der Waals surface area contributed by atoms with Crippen molar-refractivity contribution in [2.24, 2.45) is 40.4 Å². The Morgan fingerprint density at radius 1 is 1.07 bits per heavy atom. The monoisotopic (exact) mass is 404 g/mol. The molecule has 29 heavy (non-hydrogen) atoms. The Labute approximate surface area is 176 Å². The van der Waals surface area contributed by atoms with Gasteiger partial charge in [-0.15, -0.1) is 0 Å². The average Bonchev–Trinajstić information content (AvgIpc) is 3.04. The third-order valence-electron chi connectivity index (χ3n) is 9.00. The topological polar surface area (TPSA) is 71.4 Å². The Morgan fingerprint density at radius 2 is 1.79 bits per heavy atom. The normalized spacial score (nSPS) is 41.1. The minimum Gasteiger partial charge on any atom is -0.481 e. The van der Waals surface area contributed by atoms with Gasteiger partial charge in [-0.05, 0) is 73.0 Å². The number of carboxylic acids is 1. The Bertz CT molecular complexity index is 653. The maximum absolute atomic E-state index is 12.9. The van der Waals surface area contributed by atoms with E-state index < -0.39 is 5.97 Å². The van der Waals surface area contributed by atoms with Gasteiger partial charge in [-0.1, -0.05) is 34.1 Å². The molecule has 0 heterocycles. The van der Waals surface area contributed by atoms with Crippen LogP contribution in [0.2, 0.25) is 0 Å². The molecule has 4 aliphatic rings. The van der Waals surface area contributed by atoms with Crippen LogP contribution < -0.4 is 0 Å². The maximum Gasteiger partial charge on any atom is 0.303 e. The molecule has 0 amide bonds. The van der Waals surface area contributed by atoms with Crippen molar-refractivity contribution in [2.75, 3.05) is 0 Å². The van der Waals surface area contributed by atoms with Crippen LogP contribution in [0.4, 0.5) is 0 Å². The fourth-order valence-electron chi connectivity index (χ4n) is 7.12. The minimum absolute atomic E-state index is 0.260. The first-order valence-electron chi connectivity index (χ1n) is 11.8. The summed E-state index contributed by atoms with van der Waals surface area (Å²) in [5.41, 5.74) is 0.695. The van der Waals surface area contributed by atoms with E-state index in [1.54, 1.807) is 0 Å². The van der Waals surface area contributed by atoms with Gasteiger partial charge in [0.2, 0.25) is 0 Å². The molecule has 0 spiro atoms. The number of carboxylic acid groups (broad SMARTS) is 1. The van der Waals surface area contributed by atoms with Crippen LogP contribution in [0.25, 0.3) is 0 Å². The van der Waals surface area contributed by atoms with Gasteiger partial charge in [0, 0.05) is 31.6 Å². The van der Waals surface area contributed by atoms with Gasteiger partial charge >= 0.3 is 5.97 Å². The van der Waals surface area contributed by atoms with E-state index in [-0.39, 0.29) is 5.41 Å². The quantitative estimate of drug-likeness (QED) is 0.657. The summed E-state index contributed by atoms with van der Waals surface area (Å²) < 4.78 is 0. The van der Waals surface area contributed by atoms with Crippen molar-refractivity contribution in [1.29, 1.82) is 0 Å². The zero-order valence-electron chi connectivity index (χ0n) is 18.8. The zero-order valence-corrected chi connectivity index (χ0v) is 18.8. The molecule has 0 aromatic heterocycles. The third-order valence-corrected chi connectivity index (χ3v) is 9.00. The maximum atomic E-state index is 12.9. The van der Waals surface area contributed by atoms with Crippen molar-refractivity contribution in [2.45, 2.75) is 98.3 Å².